The van der Waals surface area contributed by atoms with Crippen molar-refractivity contribution in [3.8, 4) is 0 Å². The lowest BCUT2D eigenvalue weighted by Crippen LogP contribution is -1.92. The summed E-state index contributed by atoms with van der Waals surface area (Å²) in [5.74, 6) is -0.303. The van der Waals surface area contributed by atoms with Crippen LogP contribution in [0.1, 0.15) is 6.92 Å². The average molecular weight is 132 g/mol. The van der Waals surface area contributed by atoms with Crippen LogP contribution < -0.4 is 0 Å². The molecular weight excluding hydrogens is 120 g/mol. The van der Waals surface area contributed by atoms with E-state index in [0.29, 0.717) is 0 Å². The predicted molar refractivity (Wildman–Crippen MR) is 35.0 cm³/mol. The first kappa shape index (κ1) is 11.0. The highest BCUT2D eigenvalue weighted by Crippen LogP contribution is 1.73. The Morgan fingerprint density at radius 1 is 1.56 bits per heavy atom. The summed E-state index contributed by atoms with van der Waals surface area (Å²) in [7, 11) is 2.35. The minimum absolute atomic E-state index is 0.303. The van der Waals surface area contributed by atoms with Gasteiger partial charge in [-0.05, 0) is 6.92 Å². The maximum Gasteiger partial charge on any atom is 0.330 e. The summed E-state index contributed by atoms with van der Waals surface area (Å²) in [6.45, 7) is 1.76. The van der Waals surface area contributed by atoms with Gasteiger partial charge >= 0.3 is 5.97 Å². The van der Waals surface area contributed by atoms with Crippen LogP contribution in [-0.4, -0.2) is 25.3 Å². The molecule has 0 aliphatic carbocycles. The zero-order valence-corrected chi connectivity index (χ0v) is 5.92. The second kappa shape index (κ2) is 10.2. The van der Waals surface area contributed by atoms with Crippen LogP contribution in [0.3, 0.4) is 0 Å². The molecule has 0 aromatic carbocycles. The second-order valence-electron chi connectivity index (χ2n) is 1.02. The number of hydrogen-bond acceptors (Lipinski definition) is 3. The van der Waals surface area contributed by atoms with Gasteiger partial charge in [-0.1, -0.05) is 6.08 Å². The van der Waals surface area contributed by atoms with Gasteiger partial charge in [0.05, 0.1) is 7.11 Å². The number of methoxy groups -OCH3 is 1. The minimum atomic E-state index is -0.303. The number of allylic oxidation sites excluding steroid dienone is 1. The van der Waals surface area contributed by atoms with Crippen molar-refractivity contribution >= 4 is 5.97 Å². The van der Waals surface area contributed by atoms with Gasteiger partial charge in [0.2, 0.25) is 0 Å². The largest absolute Gasteiger partial charge is 0.466 e. The monoisotopic (exact) mass is 132 g/mol. The van der Waals surface area contributed by atoms with E-state index >= 15 is 0 Å². The lowest BCUT2D eigenvalue weighted by molar-refractivity contribution is -0.134. The first-order valence-electron chi connectivity index (χ1n) is 2.46. The molecule has 0 bridgehead atoms. The molecule has 0 aliphatic heterocycles. The summed E-state index contributed by atoms with van der Waals surface area (Å²) >= 11 is 0. The van der Waals surface area contributed by atoms with Gasteiger partial charge in [-0.25, -0.2) is 4.79 Å². The Morgan fingerprint density at radius 3 is 2.11 bits per heavy atom. The number of carbonyl (C=O) groups is 1. The maximum atomic E-state index is 10.1. The smallest absolute Gasteiger partial charge is 0.330 e. The molecule has 0 saturated heterocycles. The van der Waals surface area contributed by atoms with E-state index < -0.39 is 0 Å². The van der Waals surface area contributed by atoms with Gasteiger partial charge in [0, 0.05) is 13.2 Å². The van der Waals surface area contributed by atoms with Crippen molar-refractivity contribution in [1.29, 1.82) is 0 Å². The highest BCUT2D eigenvalue weighted by molar-refractivity contribution is 5.81. The number of esters is 1. The fourth-order valence-electron chi connectivity index (χ4n) is 0.204. The van der Waals surface area contributed by atoms with E-state index in [1.165, 1.54) is 13.2 Å². The molecule has 9 heavy (non-hydrogen) atoms. The molecule has 0 aromatic rings. The standard InChI is InChI=1S/C5H8O2.CH4O/c1-3-4-5(6)7-2;1-2/h3-4H,1-2H3;2H,1H3/b4-3+;. The summed E-state index contributed by atoms with van der Waals surface area (Å²) in [6.07, 6.45) is 2.99. The van der Waals surface area contributed by atoms with Gasteiger partial charge in [-0.15, -0.1) is 0 Å². The molecule has 0 saturated carbocycles. The molecule has 0 spiro atoms. The Kier molecular flexibility index (Phi) is 12.5. The number of aliphatic hydroxyl groups excluding tert-OH is 1. The second-order valence-corrected chi connectivity index (χ2v) is 1.02. The van der Waals surface area contributed by atoms with Crippen LogP contribution in [0.4, 0.5) is 0 Å². The maximum absolute atomic E-state index is 10.1. The lowest BCUT2D eigenvalue weighted by atomic mass is 10.5. The molecule has 0 heterocycles. The zero-order valence-electron chi connectivity index (χ0n) is 5.92. The molecule has 3 nitrogen and oxygen atoms in total. The van der Waals surface area contributed by atoms with E-state index in [0.717, 1.165) is 7.11 Å². The first-order valence-corrected chi connectivity index (χ1v) is 2.46. The molecule has 54 valence electrons. The van der Waals surface area contributed by atoms with Gasteiger partial charge in [-0.3, -0.25) is 0 Å². The summed E-state index contributed by atoms with van der Waals surface area (Å²) in [4.78, 5) is 10.1. The average Bonchev–Trinajstić information content (AvgIpc) is 1.93. The van der Waals surface area contributed by atoms with Crippen LogP contribution in [0.15, 0.2) is 12.2 Å². The van der Waals surface area contributed by atoms with E-state index in [1.807, 2.05) is 0 Å². The van der Waals surface area contributed by atoms with Crippen molar-refractivity contribution in [2.45, 2.75) is 6.92 Å². The third kappa shape index (κ3) is 11.0. The Morgan fingerprint density at radius 2 is 2.00 bits per heavy atom. The fourth-order valence-corrected chi connectivity index (χ4v) is 0.204. The van der Waals surface area contributed by atoms with Crippen LogP contribution >= 0.6 is 0 Å². The Hall–Kier alpha value is -0.830. The molecule has 0 atom stereocenters. The molecule has 0 amide bonds. The van der Waals surface area contributed by atoms with E-state index in [1.54, 1.807) is 13.0 Å². The molecule has 0 radical (unpaired) electrons. The fraction of sp³-hybridized carbons (Fsp3) is 0.500. The summed E-state index contributed by atoms with van der Waals surface area (Å²) in [5.41, 5.74) is 0. The predicted octanol–water partition coefficient (Wildman–Crippen LogP) is 0.344. The highest BCUT2D eigenvalue weighted by atomic mass is 16.5. The van der Waals surface area contributed by atoms with Crippen LogP contribution in [0.2, 0.25) is 0 Å². The zero-order chi connectivity index (χ0) is 7.70. The van der Waals surface area contributed by atoms with E-state index in [9.17, 15) is 4.79 Å². The summed E-state index contributed by atoms with van der Waals surface area (Å²) in [5, 5.41) is 7.00. The molecule has 3 heteroatoms. The SMILES string of the molecule is C/C=C/C(=O)OC.CO. The van der Waals surface area contributed by atoms with Gasteiger partial charge < -0.3 is 9.84 Å². The molecule has 0 rings (SSSR count). The van der Waals surface area contributed by atoms with Crippen molar-refractivity contribution < 1.29 is 14.6 Å². The highest BCUT2D eigenvalue weighted by Gasteiger charge is 1.84. The van der Waals surface area contributed by atoms with Crippen molar-refractivity contribution in [1.82, 2.24) is 0 Å². The van der Waals surface area contributed by atoms with E-state index in [4.69, 9.17) is 5.11 Å². The molecule has 0 aromatic heterocycles. The number of ether oxygens (including phenoxy) is 1. The van der Waals surface area contributed by atoms with Gasteiger partial charge in [0.15, 0.2) is 0 Å². The van der Waals surface area contributed by atoms with Crippen LogP contribution in [0.25, 0.3) is 0 Å². The molecule has 1 N–H and O–H groups in total. The van der Waals surface area contributed by atoms with Crippen LogP contribution in [0, 0.1) is 0 Å². The summed E-state index contributed by atoms with van der Waals surface area (Å²) < 4.78 is 4.26. The third-order valence-electron chi connectivity index (χ3n) is 0.504. The number of carbonyl (C=O) groups excluding carboxylic acids is 1. The quantitative estimate of drug-likeness (QED) is 0.413. The van der Waals surface area contributed by atoms with Crippen molar-refractivity contribution in [3.05, 3.63) is 12.2 Å². The van der Waals surface area contributed by atoms with Crippen LogP contribution in [-0.2, 0) is 9.53 Å². The molecule has 0 aliphatic rings. The van der Waals surface area contributed by atoms with Gasteiger partial charge in [-0.2, -0.15) is 0 Å². The number of rotatable bonds is 1. The van der Waals surface area contributed by atoms with Crippen molar-refractivity contribution in [3.63, 3.8) is 0 Å². The topological polar surface area (TPSA) is 46.5 Å². The molecule has 0 unspecified atom stereocenters. The Bertz CT molecular complexity index is 86.3. The molecular formula is C6H12O3. The van der Waals surface area contributed by atoms with E-state index in [-0.39, 0.29) is 5.97 Å². The lowest BCUT2D eigenvalue weighted by Gasteiger charge is -1.84. The third-order valence-corrected chi connectivity index (χ3v) is 0.504. The Balaban J connectivity index is 0. The van der Waals surface area contributed by atoms with Crippen LogP contribution in [0.5, 0.6) is 0 Å². The first-order chi connectivity index (χ1) is 4.31. The Labute approximate surface area is 54.9 Å². The number of hydrogen-bond donors (Lipinski definition) is 1. The number of aliphatic hydroxyl groups is 1. The van der Waals surface area contributed by atoms with Crippen molar-refractivity contribution in [2.24, 2.45) is 0 Å². The normalized spacial score (nSPS) is 8.00. The van der Waals surface area contributed by atoms with Crippen molar-refractivity contribution in [2.75, 3.05) is 14.2 Å². The summed E-state index contributed by atoms with van der Waals surface area (Å²) in [6, 6.07) is 0. The van der Waals surface area contributed by atoms with E-state index in [2.05, 4.69) is 4.74 Å². The van der Waals surface area contributed by atoms with Gasteiger partial charge in [0.1, 0.15) is 0 Å². The van der Waals surface area contributed by atoms with Gasteiger partial charge in [0.25, 0.3) is 0 Å². The molecule has 0 fully saturated rings. The minimum Gasteiger partial charge on any atom is -0.466 e.